The summed E-state index contributed by atoms with van der Waals surface area (Å²) in [5.41, 5.74) is 12.8. The maximum absolute atomic E-state index is 13.3. The van der Waals surface area contributed by atoms with Crippen molar-refractivity contribution in [2.75, 3.05) is 29.4 Å². The lowest BCUT2D eigenvalue weighted by Gasteiger charge is -2.61. The van der Waals surface area contributed by atoms with Gasteiger partial charge in [-0.3, -0.25) is 20.2 Å². The van der Waals surface area contributed by atoms with E-state index in [1.54, 1.807) is 6.92 Å². The van der Waals surface area contributed by atoms with Gasteiger partial charge in [-0.05, 0) is 43.4 Å². The van der Waals surface area contributed by atoms with Crippen LogP contribution in [0.1, 0.15) is 19.4 Å². The van der Waals surface area contributed by atoms with Gasteiger partial charge in [-0.2, -0.15) is 0 Å². The third-order valence-corrected chi connectivity index (χ3v) is 8.30. The number of urea groups is 1. The number of morpholine rings is 1. The number of hydrogen-bond acceptors (Lipinski definition) is 8. The van der Waals surface area contributed by atoms with Crippen molar-refractivity contribution in [2.24, 2.45) is 28.7 Å². The quantitative estimate of drug-likeness (QED) is 0.418. The van der Waals surface area contributed by atoms with Gasteiger partial charge in [0.25, 0.3) is 0 Å². The first kappa shape index (κ1) is 20.0. The van der Waals surface area contributed by atoms with Crippen LogP contribution in [0.2, 0.25) is 0 Å². The number of nitrogens with two attached hydrogens (primary N) is 2. The molecule has 0 aromatic heterocycles. The predicted octanol–water partition coefficient (Wildman–Crippen LogP) is -0.743. The highest BCUT2D eigenvalue weighted by molar-refractivity contribution is 6.21. The average Bonchev–Trinajstić information content (AvgIpc) is 3.13. The summed E-state index contributed by atoms with van der Waals surface area (Å²) in [5, 5.41) is 4.54. The summed E-state index contributed by atoms with van der Waals surface area (Å²) >= 11 is 0. The molecule has 10 nitrogen and oxygen atoms in total. The Morgan fingerprint density at radius 3 is 2.38 bits per heavy atom. The lowest BCUT2D eigenvalue weighted by atomic mass is 9.62. The van der Waals surface area contributed by atoms with Crippen molar-refractivity contribution in [3.63, 3.8) is 0 Å². The van der Waals surface area contributed by atoms with Crippen LogP contribution < -0.4 is 31.9 Å². The summed E-state index contributed by atoms with van der Waals surface area (Å²) in [5.74, 6) is -0.267. The number of nitrogens with zero attached hydrogens (tertiary/aromatic N) is 2. The van der Waals surface area contributed by atoms with Crippen LogP contribution >= 0.6 is 0 Å². The molecule has 0 radical (unpaired) electrons. The van der Waals surface area contributed by atoms with Crippen molar-refractivity contribution >= 4 is 29.2 Å². The molecule has 6 N–H and O–H groups in total. The molecular formula is C22H28N6O4. The Morgan fingerprint density at radius 1 is 1.06 bits per heavy atom. The Labute approximate surface area is 185 Å². The number of nitrogens with one attached hydrogen (secondary N) is 2. The van der Waals surface area contributed by atoms with Gasteiger partial charge in [-0.1, -0.05) is 6.07 Å². The molecule has 5 aliphatic rings. The van der Waals surface area contributed by atoms with Crippen molar-refractivity contribution in [3.05, 3.63) is 23.8 Å². The largest absolute Gasteiger partial charge is 0.371 e. The van der Waals surface area contributed by atoms with Crippen LogP contribution in [0.25, 0.3) is 0 Å². The molecule has 6 atom stereocenters. The van der Waals surface area contributed by atoms with E-state index < -0.39 is 35.0 Å². The van der Waals surface area contributed by atoms with Gasteiger partial charge in [0.2, 0.25) is 11.8 Å². The van der Waals surface area contributed by atoms with E-state index in [0.717, 1.165) is 30.0 Å². The van der Waals surface area contributed by atoms with Gasteiger partial charge in [-0.15, -0.1) is 0 Å². The highest BCUT2D eigenvalue weighted by Gasteiger charge is 2.70. The number of piperidine rings is 1. The zero-order valence-electron chi connectivity index (χ0n) is 18.1. The van der Waals surface area contributed by atoms with Gasteiger partial charge in [0.15, 0.2) is 5.41 Å². The van der Waals surface area contributed by atoms with Gasteiger partial charge in [0.1, 0.15) is 5.66 Å². The average molecular weight is 441 g/mol. The summed E-state index contributed by atoms with van der Waals surface area (Å²) in [6.45, 7) is 6.02. The van der Waals surface area contributed by atoms with Gasteiger partial charge in [-0.25, -0.2) is 4.79 Å². The SMILES string of the molecule is C[C@@H]1CN2c3cc(N4C[C@@H]5C(N)[C@@H]5C4)ccc3CC3(C(=O)NC(=O)NC3=O)[C@@]2(N)[C@H](C)O1. The van der Waals surface area contributed by atoms with E-state index in [1.807, 2.05) is 24.0 Å². The first-order valence-corrected chi connectivity index (χ1v) is 11.2. The van der Waals surface area contributed by atoms with Crippen LogP contribution in [0.15, 0.2) is 18.2 Å². The second kappa shape index (κ2) is 6.21. The van der Waals surface area contributed by atoms with E-state index in [-0.39, 0.29) is 12.5 Å². The number of benzene rings is 1. The van der Waals surface area contributed by atoms with Crippen LogP contribution in [0.3, 0.4) is 0 Å². The fraction of sp³-hybridized carbons (Fsp3) is 0.591. The van der Waals surface area contributed by atoms with Gasteiger partial charge < -0.3 is 26.0 Å². The van der Waals surface area contributed by atoms with Crippen molar-refractivity contribution in [3.8, 4) is 0 Å². The number of amides is 4. The molecule has 1 saturated carbocycles. The van der Waals surface area contributed by atoms with Crippen molar-refractivity contribution in [1.29, 1.82) is 0 Å². The molecule has 6 rings (SSSR count). The Bertz CT molecular complexity index is 1030. The lowest BCUT2D eigenvalue weighted by Crippen LogP contribution is -2.85. The van der Waals surface area contributed by atoms with E-state index in [4.69, 9.17) is 16.2 Å². The van der Waals surface area contributed by atoms with E-state index >= 15 is 0 Å². The third-order valence-electron chi connectivity index (χ3n) is 8.30. The van der Waals surface area contributed by atoms with Crippen LogP contribution in [-0.2, 0) is 20.7 Å². The van der Waals surface area contributed by atoms with Gasteiger partial charge in [0, 0.05) is 43.5 Å². The maximum Gasteiger partial charge on any atom is 0.328 e. The molecule has 4 fully saturated rings. The number of hydrogen-bond donors (Lipinski definition) is 4. The Kier molecular flexibility index (Phi) is 3.87. The lowest BCUT2D eigenvalue weighted by molar-refractivity contribution is -0.164. The highest BCUT2D eigenvalue weighted by atomic mass is 16.5. The summed E-state index contributed by atoms with van der Waals surface area (Å²) in [4.78, 5) is 42.6. The minimum absolute atomic E-state index is 0.0821. The molecule has 4 heterocycles. The van der Waals surface area contributed by atoms with E-state index in [9.17, 15) is 14.4 Å². The molecule has 32 heavy (non-hydrogen) atoms. The second-order valence-electron chi connectivity index (χ2n) is 9.97. The normalized spacial score (nSPS) is 39.2. The molecule has 170 valence electrons. The number of barbiturate groups is 1. The molecule has 1 spiro atoms. The van der Waals surface area contributed by atoms with E-state index in [1.165, 1.54) is 0 Å². The van der Waals surface area contributed by atoms with Crippen LogP contribution in [-0.4, -0.2) is 61.4 Å². The number of imide groups is 2. The number of rotatable bonds is 1. The van der Waals surface area contributed by atoms with Crippen LogP contribution in [0.5, 0.6) is 0 Å². The van der Waals surface area contributed by atoms with Crippen molar-refractivity contribution in [1.82, 2.24) is 10.6 Å². The second-order valence-corrected chi connectivity index (χ2v) is 9.97. The van der Waals surface area contributed by atoms with Gasteiger partial charge >= 0.3 is 6.03 Å². The third kappa shape index (κ3) is 2.32. The summed E-state index contributed by atoms with van der Waals surface area (Å²) in [6, 6.07) is 5.59. The highest BCUT2D eigenvalue weighted by Crippen LogP contribution is 2.52. The smallest absolute Gasteiger partial charge is 0.328 e. The Morgan fingerprint density at radius 2 is 1.72 bits per heavy atom. The predicted molar refractivity (Wildman–Crippen MR) is 116 cm³/mol. The fourth-order valence-corrected chi connectivity index (χ4v) is 6.44. The molecule has 3 saturated heterocycles. The van der Waals surface area contributed by atoms with E-state index in [2.05, 4.69) is 21.6 Å². The number of anilines is 2. The zero-order valence-corrected chi connectivity index (χ0v) is 18.1. The molecule has 4 aliphatic heterocycles. The molecule has 10 heteroatoms. The molecule has 1 aromatic carbocycles. The van der Waals surface area contributed by atoms with Crippen LogP contribution in [0.4, 0.5) is 16.2 Å². The first-order valence-electron chi connectivity index (χ1n) is 11.2. The molecule has 0 bridgehead atoms. The molecule has 1 aliphatic carbocycles. The van der Waals surface area contributed by atoms with E-state index in [0.29, 0.717) is 24.4 Å². The van der Waals surface area contributed by atoms with Crippen molar-refractivity contribution in [2.45, 2.75) is 44.2 Å². The zero-order chi connectivity index (χ0) is 22.6. The molecular weight excluding hydrogens is 412 g/mol. The first-order chi connectivity index (χ1) is 15.2. The maximum atomic E-state index is 13.3. The molecule has 4 amide bonds. The van der Waals surface area contributed by atoms with Gasteiger partial charge in [0.05, 0.1) is 12.2 Å². The summed E-state index contributed by atoms with van der Waals surface area (Å²) in [6.07, 6.45) is -0.703. The number of carbonyl (C=O) groups excluding carboxylic acids is 3. The molecule has 1 aromatic rings. The standard InChI is InChI=1S/C22H28N6O4/c1-10-7-28-16-5-13(27-8-14-15(9-27)17(14)23)4-3-12(16)6-21(22(28,24)11(2)32-10)18(29)25-20(31)26-19(21)30/h3-5,10-11,14-15,17H,6-9,23-24H2,1-2H3,(H2,25,26,29,30,31)/t10-,11+,14-,15+,17?,22-/m1/s1. The summed E-state index contributed by atoms with van der Waals surface area (Å²) < 4.78 is 6.05. The number of carbonyl (C=O) groups is 3. The van der Waals surface area contributed by atoms with Crippen LogP contribution in [0, 0.1) is 17.3 Å². The Balaban J connectivity index is 1.47. The minimum Gasteiger partial charge on any atom is -0.371 e. The fourth-order valence-electron chi connectivity index (χ4n) is 6.44. The molecule has 1 unspecified atom stereocenters. The topological polar surface area (TPSA) is 143 Å². The summed E-state index contributed by atoms with van der Waals surface area (Å²) in [7, 11) is 0. The number of ether oxygens (including phenoxy) is 1. The monoisotopic (exact) mass is 440 g/mol. The Hall–Kier alpha value is -2.69. The minimum atomic E-state index is -1.70. The number of fused-ring (bicyclic) bond motifs is 5. The van der Waals surface area contributed by atoms with Crippen molar-refractivity contribution < 1.29 is 19.1 Å².